The molecule has 0 radical (unpaired) electrons. The van der Waals surface area contributed by atoms with E-state index in [-0.39, 0.29) is 5.54 Å². The predicted octanol–water partition coefficient (Wildman–Crippen LogP) is 5.24. The van der Waals surface area contributed by atoms with Crippen molar-refractivity contribution in [3.8, 4) is 11.5 Å². The Balaban J connectivity index is 1.66. The van der Waals surface area contributed by atoms with E-state index in [0.29, 0.717) is 10.9 Å². The zero-order valence-corrected chi connectivity index (χ0v) is 17.8. The first-order valence-corrected chi connectivity index (χ1v) is 10.3. The van der Waals surface area contributed by atoms with Gasteiger partial charge < -0.3 is 20.1 Å². The molecule has 0 atom stereocenters. The van der Waals surface area contributed by atoms with Gasteiger partial charge in [0.15, 0.2) is 5.11 Å². The minimum atomic E-state index is 0.0630. The van der Waals surface area contributed by atoms with Gasteiger partial charge in [0.05, 0.1) is 19.9 Å². The molecule has 1 saturated carbocycles. The summed E-state index contributed by atoms with van der Waals surface area (Å²) < 4.78 is 10.7. The quantitative estimate of drug-likeness (QED) is 0.624. The summed E-state index contributed by atoms with van der Waals surface area (Å²) >= 11 is 5.66. The maximum absolute atomic E-state index is 5.66. The number of hydrogen-bond donors (Lipinski definition) is 2. The first-order chi connectivity index (χ1) is 13.5. The molecule has 0 saturated heterocycles. The number of rotatable bonds is 7. The summed E-state index contributed by atoms with van der Waals surface area (Å²) in [6, 6.07) is 14.5. The summed E-state index contributed by atoms with van der Waals surface area (Å²) in [6.45, 7) is 2.15. The van der Waals surface area contributed by atoms with Crippen LogP contribution in [-0.2, 0) is 6.42 Å². The molecule has 2 N–H and O–H groups in total. The molecule has 2 aromatic carbocycles. The third kappa shape index (κ3) is 5.16. The van der Waals surface area contributed by atoms with Crippen LogP contribution in [0.25, 0.3) is 0 Å². The van der Waals surface area contributed by atoms with E-state index in [2.05, 4.69) is 41.8 Å². The fourth-order valence-corrected chi connectivity index (χ4v) is 4.36. The second-order valence-electron chi connectivity index (χ2n) is 7.62. The second kappa shape index (κ2) is 9.28. The van der Waals surface area contributed by atoms with Gasteiger partial charge >= 0.3 is 0 Å². The van der Waals surface area contributed by atoms with Crippen molar-refractivity contribution in [3.63, 3.8) is 0 Å². The normalized spacial score (nSPS) is 15.1. The third-order valence-electron chi connectivity index (χ3n) is 5.57. The van der Waals surface area contributed by atoms with E-state index >= 15 is 0 Å². The Bertz CT molecular complexity index is 816. The second-order valence-corrected chi connectivity index (χ2v) is 8.03. The number of anilines is 1. The Morgan fingerprint density at radius 1 is 1.07 bits per heavy atom. The summed E-state index contributed by atoms with van der Waals surface area (Å²) in [5, 5.41) is 7.60. The monoisotopic (exact) mass is 398 g/mol. The fraction of sp³-hybridized carbons (Fsp3) is 0.435. The van der Waals surface area contributed by atoms with Gasteiger partial charge in [-0.2, -0.15) is 0 Å². The molecule has 0 bridgehead atoms. The first kappa shape index (κ1) is 20.5. The number of ether oxygens (including phenoxy) is 2. The predicted molar refractivity (Wildman–Crippen MR) is 120 cm³/mol. The third-order valence-corrected chi connectivity index (χ3v) is 5.78. The van der Waals surface area contributed by atoms with Crippen LogP contribution in [-0.4, -0.2) is 24.9 Å². The lowest BCUT2D eigenvalue weighted by molar-refractivity contribution is 0.362. The van der Waals surface area contributed by atoms with Crippen molar-refractivity contribution in [2.45, 2.75) is 51.0 Å². The lowest BCUT2D eigenvalue weighted by Gasteiger charge is -2.32. The standard InChI is InChI=1S/C23H30N2O2S/c1-17-7-6-8-18(15-17)11-14-23(12-4-5-13-23)25-22(28)24-20-10-9-19(26-2)16-21(20)27-3/h6-10,15-16H,4-5,11-14H2,1-3H3,(H2,24,25,28). The molecule has 1 aliphatic carbocycles. The Morgan fingerprint density at radius 2 is 1.86 bits per heavy atom. The zero-order chi connectivity index (χ0) is 20.0. The summed E-state index contributed by atoms with van der Waals surface area (Å²) in [6.07, 6.45) is 6.94. The first-order valence-electron chi connectivity index (χ1n) is 9.90. The molecule has 5 heteroatoms. The van der Waals surface area contributed by atoms with Gasteiger partial charge in [-0.25, -0.2) is 0 Å². The molecule has 28 heavy (non-hydrogen) atoms. The number of nitrogens with one attached hydrogen (secondary N) is 2. The van der Waals surface area contributed by atoms with Crippen LogP contribution < -0.4 is 20.1 Å². The van der Waals surface area contributed by atoms with Gasteiger partial charge in [-0.1, -0.05) is 42.7 Å². The number of benzene rings is 2. The molecular weight excluding hydrogens is 368 g/mol. The van der Waals surface area contributed by atoms with E-state index in [1.165, 1.54) is 24.0 Å². The Morgan fingerprint density at radius 3 is 2.54 bits per heavy atom. The highest BCUT2D eigenvalue weighted by Gasteiger charge is 2.34. The van der Waals surface area contributed by atoms with Gasteiger partial charge in [0.1, 0.15) is 11.5 Å². The molecular formula is C23H30N2O2S. The van der Waals surface area contributed by atoms with Crippen LogP contribution in [0.3, 0.4) is 0 Å². The molecule has 2 aromatic rings. The summed E-state index contributed by atoms with van der Waals surface area (Å²) in [5.74, 6) is 1.47. The van der Waals surface area contributed by atoms with Crippen molar-refractivity contribution in [3.05, 3.63) is 53.6 Å². The minimum Gasteiger partial charge on any atom is -0.497 e. The van der Waals surface area contributed by atoms with Gasteiger partial charge in [0.25, 0.3) is 0 Å². The van der Waals surface area contributed by atoms with Crippen molar-refractivity contribution in [1.29, 1.82) is 0 Å². The van der Waals surface area contributed by atoms with Crippen LogP contribution in [0.2, 0.25) is 0 Å². The van der Waals surface area contributed by atoms with E-state index in [1.54, 1.807) is 14.2 Å². The highest BCUT2D eigenvalue weighted by molar-refractivity contribution is 7.80. The summed E-state index contributed by atoms with van der Waals surface area (Å²) in [5.41, 5.74) is 3.61. The van der Waals surface area contributed by atoms with Gasteiger partial charge in [0.2, 0.25) is 0 Å². The van der Waals surface area contributed by atoms with Crippen molar-refractivity contribution >= 4 is 23.0 Å². The van der Waals surface area contributed by atoms with E-state index in [0.717, 1.165) is 37.1 Å². The molecule has 150 valence electrons. The molecule has 0 spiro atoms. The van der Waals surface area contributed by atoms with Gasteiger partial charge in [-0.15, -0.1) is 0 Å². The Labute approximate surface area is 173 Å². The summed E-state index contributed by atoms with van der Waals surface area (Å²) in [4.78, 5) is 0. The van der Waals surface area contributed by atoms with Crippen LogP contribution >= 0.6 is 12.2 Å². The van der Waals surface area contributed by atoms with E-state index < -0.39 is 0 Å². The Hall–Kier alpha value is -2.27. The average molecular weight is 399 g/mol. The maximum atomic E-state index is 5.66. The minimum absolute atomic E-state index is 0.0630. The highest BCUT2D eigenvalue weighted by atomic mass is 32.1. The lowest BCUT2D eigenvalue weighted by atomic mass is 9.89. The molecule has 0 aromatic heterocycles. The molecule has 1 fully saturated rings. The number of methoxy groups -OCH3 is 2. The molecule has 1 aliphatic rings. The van der Waals surface area contributed by atoms with Crippen LogP contribution in [0, 0.1) is 6.92 Å². The zero-order valence-electron chi connectivity index (χ0n) is 17.0. The van der Waals surface area contributed by atoms with Gasteiger partial charge in [-0.05, 0) is 62.5 Å². The van der Waals surface area contributed by atoms with E-state index in [1.807, 2.05) is 18.2 Å². The van der Waals surface area contributed by atoms with Crippen LogP contribution in [0.15, 0.2) is 42.5 Å². The van der Waals surface area contributed by atoms with E-state index in [4.69, 9.17) is 21.7 Å². The Kier molecular flexibility index (Phi) is 6.79. The molecule has 0 unspecified atom stereocenters. The molecule has 0 amide bonds. The molecule has 3 rings (SSSR count). The lowest BCUT2D eigenvalue weighted by Crippen LogP contribution is -2.48. The van der Waals surface area contributed by atoms with Crippen molar-refractivity contribution < 1.29 is 9.47 Å². The van der Waals surface area contributed by atoms with Crippen LogP contribution in [0.5, 0.6) is 11.5 Å². The van der Waals surface area contributed by atoms with Gasteiger partial charge in [-0.3, -0.25) is 0 Å². The molecule has 0 aliphatic heterocycles. The fourth-order valence-electron chi connectivity index (χ4n) is 4.04. The SMILES string of the molecule is COc1ccc(NC(=S)NC2(CCc3cccc(C)c3)CCCC2)c(OC)c1. The maximum Gasteiger partial charge on any atom is 0.171 e. The van der Waals surface area contributed by atoms with Crippen molar-refractivity contribution in [2.24, 2.45) is 0 Å². The van der Waals surface area contributed by atoms with Crippen molar-refractivity contribution in [2.75, 3.05) is 19.5 Å². The topological polar surface area (TPSA) is 42.5 Å². The molecule has 4 nitrogen and oxygen atoms in total. The largest absolute Gasteiger partial charge is 0.497 e. The van der Waals surface area contributed by atoms with E-state index in [9.17, 15) is 0 Å². The van der Waals surface area contributed by atoms with Crippen LogP contribution in [0.4, 0.5) is 5.69 Å². The molecule has 0 heterocycles. The summed E-state index contributed by atoms with van der Waals surface area (Å²) in [7, 11) is 3.29. The average Bonchev–Trinajstić information content (AvgIpc) is 3.15. The van der Waals surface area contributed by atoms with Crippen molar-refractivity contribution in [1.82, 2.24) is 5.32 Å². The smallest absolute Gasteiger partial charge is 0.171 e. The highest BCUT2D eigenvalue weighted by Crippen LogP contribution is 2.34. The number of aryl methyl sites for hydroxylation is 2. The van der Waals surface area contributed by atoms with Gasteiger partial charge in [0, 0.05) is 11.6 Å². The number of hydrogen-bond acceptors (Lipinski definition) is 3. The number of thiocarbonyl (C=S) groups is 1. The van der Waals surface area contributed by atoms with Crippen LogP contribution in [0.1, 0.15) is 43.2 Å².